The highest BCUT2D eigenvalue weighted by molar-refractivity contribution is 8.01. The summed E-state index contributed by atoms with van der Waals surface area (Å²) >= 11 is 4.50. The number of furan rings is 1. The molecule has 0 radical (unpaired) electrons. The molecule has 0 fully saturated rings. The van der Waals surface area contributed by atoms with E-state index in [1.54, 1.807) is 12.3 Å². The molecule has 7 nitrogen and oxygen atoms in total. The van der Waals surface area contributed by atoms with Gasteiger partial charge in [0.2, 0.25) is 5.13 Å². The summed E-state index contributed by atoms with van der Waals surface area (Å²) in [5.41, 5.74) is 0.622. The Morgan fingerprint density at radius 3 is 3.07 bits per heavy atom. The fourth-order valence-electron chi connectivity index (χ4n) is 2.68. The number of anilines is 1. The van der Waals surface area contributed by atoms with Crippen LogP contribution in [0.2, 0.25) is 0 Å². The predicted octanol–water partition coefficient (Wildman–Crippen LogP) is 5.16. The van der Waals surface area contributed by atoms with E-state index in [2.05, 4.69) is 32.4 Å². The van der Waals surface area contributed by atoms with Gasteiger partial charge in [0, 0.05) is 17.5 Å². The van der Waals surface area contributed by atoms with Crippen LogP contribution in [0.15, 0.2) is 37.3 Å². The maximum Gasteiger partial charge on any atom is 0.260 e. The Bertz CT molecular complexity index is 1120. The number of aromatic amines is 1. The summed E-state index contributed by atoms with van der Waals surface area (Å²) in [7, 11) is 0. The third kappa shape index (κ3) is 3.98. The lowest BCUT2D eigenvalue weighted by Gasteiger charge is -2.08. The standard InChI is InChI=1S/C18H19N5O2S3/c1-3-4-7-19-17-22-23-18(28-17)27-10(2)14-20-15(24)13-11(9-26-16(13)21-14)12-6-5-8-25-12/h5-6,8-10H,3-4,7H2,1-2H3,(H,19,22)(H,20,21,24). The smallest absolute Gasteiger partial charge is 0.260 e. The minimum absolute atomic E-state index is 0.0531. The van der Waals surface area contributed by atoms with Gasteiger partial charge in [-0.2, -0.15) is 0 Å². The van der Waals surface area contributed by atoms with Gasteiger partial charge in [-0.05, 0) is 25.5 Å². The van der Waals surface area contributed by atoms with Crippen molar-refractivity contribution in [3.8, 4) is 11.3 Å². The average Bonchev–Trinajstić information content (AvgIpc) is 3.42. The fourth-order valence-corrected chi connectivity index (χ4v) is 5.59. The molecule has 0 aliphatic carbocycles. The summed E-state index contributed by atoms with van der Waals surface area (Å²) in [5, 5.41) is 14.9. The first-order valence-corrected chi connectivity index (χ1v) is 11.5. The summed E-state index contributed by atoms with van der Waals surface area (Å²) in [4.78, 5) is 21.0. The highest BCUT2D eigenvalue weighted by Gasteiger charge is 2.19. The summed E-state index contributed by atoms with van der Waals surface area (Å²) < 4.78 is 6.28. The molecule has 0 bridgehead atoms. The summed E-state index contributed by atoms with van der Waals surface area (Å²) in [6.07, 6.45) is 3.84. The van der Waals surface area contributed by atoms with Gasteiger partial charge in [-0.15, -0.1) is 21.5 Å². The van der Waals surface area contributed by atoms with Gasteiger partial charge in [0.15, 0.2) is 4.34 Å². The first kappa shape index (κ1) is 19.2. The Labute approximate surface area is 173 Å². The van der Waals surface area contributed by atoms with Crippen molar-refractivity contribution < 1.29 is 4.42 Å². The van der Waals surface area contributed by atoms with E-state index in [0.29, 0.717) is 21.8 Å². The van der Waals surface area contributed by atoms with Crippen molar-refractivity contribution in [3.63, 3.8) is 0 Å². The Hall–Kier alpha value is -2.17. The third-order valence-corrected chi connectivity index (χ3v) is 7.07. The number of aromatic nitrogens is 4. The molecule has 0 spiro atoms. The molecule has 4 rings (SSSR count). The van der Waals surface area contributed by atoms with Crippen LogP contribution >= 0.6 is 34.4 Å². The number of thiophene rings is 1. The van der Waals surface area contributed by atoms with Crippen molar-refractivity contribution in [1.29, 1.82) is 0 Å². The Morgan fingerprint density at radius 2 is 2.29 bits per heavy atom. The van der Waals surface area contributed by atoms with E-state index in [1.165, 1.54) is 34.4 Å². The molecule has 0 aliphatic heterocycles. The first-order chi connectivity index (χ1) is 13.7. The zero-order valence-electron chi connectivity index (χ0n) is 15.4. The van der Waals surface area contributed by atoms with Gasteiger partial charge in [-0.3, -0.25) is 4.79 Å². The molecule has 1 atom stereocenters. The quantitative estimate of drug-likeness (QED) is 0.292. The second-order valence-electron chi connectivity index (χ2n) is 6.17. The SMILES string of the molecule is CCCCNc1nnc(SC(C)c2nc3scc(-c4ccco4)c3c(=O)[nH]2)s1. The number of nitrogens with one attached hydrogen (secondary N) is 2. The van der Waals surface area contributed by atoms with Crippen LogP contribution in [0.5, 0.6) is 0 Å². The number of unbranched alkanes of at least 4 members (excludes halogenated alkanes) is 1. The van der Waals surface area contributed by atoms with Crippen molar-refractivity contribution in [3.05, 3.63) is 40.0 Å². The Morgan fingerprint density at radius 1 is 1.39 bits per heavy atom. The van der Waals surface area contributed by atoms with Crippen LogP contribution in [0.1, 0.15) is 37.8 Å². The number of thioether (sulfide) groups is 1. The summed E-state index contributed by atoms with van der Waals surface area (Å²) in [6, 6.07) is 3.65. The van der Waals surface area contributed by atoms with Crippen molar-refractivity contribution in [2.45, 2.75) is 36.3 Å². The van der Waals surface area contributed by atoms with Crippen molar-refractivity contribution in [2.75, 3.05) is 11.9 Å². The van der Waals surface area contributed by atoms with Crippen LogP contribution < -0.4 is 10.9 Å². The molecule has 146 valence electrons. The summed E-state index contributed by atoms with van der Waals surface area (Å²) in [5.74, 6) is 1.30. The van der Waals surface area contributed by atoms with Gasteiger partial charge in [0.25, 0.3) is 5.56 Å². The maximum atomic E-state index is 12.7. The molecule has 1 unspecified atom stereocenters. The molecular formula is C18H19N5O2S3. The topological polar surface area (TPSA) is 96.7 Å². The average molecular weight is 434 g/mol. The molecule has 4 heterocycles. The molecule has 0 aliphatic rings. The monoisotopic (exact) mass is 433 g/mol. The van der Waals surface area contributed by atoms with E-state index in [9.17, 15) is 4.79 Å². The third-order valence-electron chi connectivity index (χ3n) is 4.12. The Kier molecular flexibility index (Phi) is 5.79. The molecule has 0 amide bonds. The minimum atomic E-state index is -0.153. The number of rotatable bonds is 8. The van der Waals surface area contributed by atoms with Crippen molar-refractivity contribution in [1.82, 2.24) is 20.2 Å². The van der Waals surface area contributed by atoms with E-state index < -0.39 is 0 Å². The number of nitrogens with zero attached hydrogens (tertiary/aromatic N) is 3. The maximum absolute atomic E-state index is 12.7. The molecule has 0 saturated carbocycles. The first-order valence-electron chi connectivity index (χ1n) is 8.95. The molecule has 0 saturated heterocycles. The zero-order valence-corrected chi connectivity index (χ0v) is 17.8. The van der Waals surface area contributed by atoms with Gasteiger partial charge in [-0.25, -0.2) is 4.98 Å². The lowest BCUT2D eigenvalue weighted by molar-refractivity contribution is 0.583. The van der Waals surface area contributed by atoms with Gasteiger partial charge in [0.05, 0.1) is 16.9 Å². The van der Waals surface area contributed by atoms with Crippen LogP contribution in [-0.4, -0.2) is 26.7 Å². The minimum Gasteiger partial charge on any atom is -0.464 e. The number of hydrogen-bond donors (Lipinski definition) is 2. The molecule has 10 heteroatoms. The predicted molar refractivity (Wildman–Crippen MR) is 116 cm³/mol. The zero-order chi connectivity index (χ0) is 19.5. The number of hydrogen-bond acceptors (Lipinski definition) is 9. The van der Waals surface area contributed by atoms with Crippen LogP contribution in [-0.2, 0) is 0 Å². The molecule has 28 heavy (non-hydrogen) atoms. The van der Waals surface area contributed by atoms with Crippen LogP contribution in [0.25, 0.3) is 21.5 Å². The lowest BCUT2D eigenvalue weighted by Crippen LogP contribution is -2.12. The van der Waals surface area contributed by atoms with Gasteiger partial charge >= 0.3 is 0 Å². The molecule has 0 aromatic carbocycles. The second kappa shape index (κ2) is 8.46. The molecular weight excluding hydrogens is 414 g/mol. The van der Waals surface area contributed by atoms with E-state index in [4.69, 9.17) is 4.42 Å². The van der Waals surface area contributed by atoms with Gasteiger partial charge in [0.1, 0.15) is 16.4 Å². The highest BCUT2D eigenvalue weighted by atomic mass is 32.2. The normalized spacial score (nSPS) is 12.5. The van der Waals surface area contributed by atoms with E-state index in [-0.39, 0.29) is 10.8 Å². The summed E-state index contributed by atoms with van der Waals surface area (Å²) in [6.45, 7) is 5.05. The number of H-pyrrole nitrogens is 1. The van der Waals surface area contributed by atoms with Crippen molar-refractivity contribution >= 4 is 49.8 Å². The van der Waals surface area contributed by atoms with E-state index >= 15 is 0 Å². The van der Waals surface area contributed by atoms with Gasteiger partial charge < -0.3 is 14.7 Å². The van der Waals surface area contributed by atoms with E-state index in [0.717, 1.165) is 34.4 Å². The molecule has 2 N–H and O–H groups in total. The molecule has 4 aromatic heterocycles. The van der Waals surface area contributed by atoms with Crippen LogP contribution in [0.3, 0.4) is 0 Å². The largest absolute Gasteiger partial charge is 0.464 e. The fraction of sp³-hybridized carbons (Fsp3) is 0.333. The second-order valence-corrected chi connectivity index (χ2v) is 9.60. The van der Waals surface area contributed by atoms with Crippen LogP contribution in [0.4, 0.5) is 5.13 Å². The van der Waals surface area contributed by atoms with E-state index in [1.807, 2.05) is 18.4 Å². The van der Waals surface area contributed by atoms with Gasteiger partial charge in [-0.1, -0.05) is 36.4 Å². The molecule has 4 aromatic rings. The number of fused-ring (bicyclic) bond motifs is 1. The Balaban J connectivity index is 1.53. The lowest BCUT2D eigenvalue weighted by atomic mass is 10.2. The van der Waals surface area contributed by atoms with Crippen molar-refractivity contribution in [2.24, 2.45) is 0 Å². The highest BCUT2D eigenvalue weighted by Crippen LogP contribution is 2.37. The van der Waals surface area contributed by atoms with Crippen LogP contribution in [0, 0.1) is 0 Å².